The highest BCUT2D eigenvalue weighted by atomic mass is 32.2. The average molecular weight is 332 g/mol. The number of benzene rings is 1. The van der Waals surface area contributed by atoms with Crippen molar-refractivity contribution in [2.75, 3.05) is 12.3 Å². The summed E-state index contributed by atoms with van der Waals surface area (Å²) in [7, 11) is -3.73. The summed E-state index contributed by atoms with van der Waals surface area (Å²) in [4.78, 5) is 0. The lowest BCUT2D eigenvalue weighted by molar-refractivity contribution is -0.137. The van der Waals surface area contributed by atoms with E-state index in [9.17, 15) is 21.6 Å². The Morgan fingerprint density at radius 2 is 1.91 bits per heavy atom. The zero-order valence-electron chi connectivity index (χ0n) is 11.8. The first-order valence-corrected chi connectivity index (χ1v) is 8.31. The number of nitriles is 1. The molecular formula is C14H15F3N2O2S. The molecule has 0 aromatic heterocycles. The van der Waals surface area contributed by atoms with Gasteiger partial charge in [-0.15, -0.1) is 0 Å². The van der Waals surface area contributed by atoms with Crippen LogP contribution in [-0.2, 0) is 16.2 Å². The Labute approximate surface area is 127 Å². The second-order valence-electron chi connectivity index (χ2n) is 5.36. The normalized spacial score (nSPS) is 23.4. The lowest BCUT2D eigenvalue weighted by atomic mass is 9.95. The topological polar surface area (TPSA) is 61.2 Å². The summed E-state index contributed by atoms with van der Waals surface area (Å²) in [5, 5.41) is 8.63. The summed E-state index contributed by atoms with van der Waals surface area (Å²) in [5.41, 5.74) is -0.257. The third-order valence-corrected chi connectivity index (χ3v) is 5.46. The van der Waals surface area contributed by atoms with E-state index in [1.54, 1.807) is 6.07 Å². The van der Waals surface area contributed by atoms with Crippen LogP contribution in [-0.4, -0.2) is 25.0 Å². The molecule has 8 heteroatoms. The van der Waals surface area contributed by atoms with Crippen molar-refractivity contribution in [2.45, 2.75) is 25.6 Å². The first kappa shape index (κ1) is 16.8. The molecule has 1 aromatic carbocycles. The van der Waals surface area contributed by atoms with Crippen molar-refractivity contribution >= 4 is 10.0 Å². The van der Waals surface area contributed by atoms with Crippen molar-refractivity contribution in [1.82, 2.24) is 4.31 Å². The van der Waals surface area contributed by atoms with Gasteiger partial charge in [0.25, 0.3) is 0 Å². The van der Waals surface area contributed by atoms with Crippen LogP contribution in [0.5, 0.6) is 0 Å². The molecule has 1 aliphatic heterocycles. The molecule has 0 unspecified atom stereocenters. The standard InChI is InChI=1S/C14H15F3N2O2S/c1-10-6-8-19(22(20,21)9-7-18)13(10)11-2-4-12(5-3-11)14(15,16)17/h2-5,10,13H,6,8-9H2,1H3/t10-,13-/m0/s1. The molecule has 1 aliphatic rings. The molecular weight excluding hydrogens is 317 g/mol. The molecule has 1 fully saturated rings. The minimum atomic E-state index is -4.42. The van der Waals surface area contributed by atoms with Gasteiger partial charge in [0.2, 0.25) is 10.0 Å². The van der Waals surface area contributed by atoms with Gasteiger partial charge >= 0.3 is 6.18 Å². The average Bonchev–Trinajstić information content (AvgIpc) is 2.80. The van der Waals surface area contributed by atoms with E-state index in [0.29, 0.717) is 12.0 Å². The summed E-state index contributed by atoms with van der Waals surface area (Å²) < 4.78 is 63.2. The minimum absolute atomic E-state index is 0.0230. The highest BCUT2D eigenvalue weighted by Gasteiger charge is 2.40. The Kier molecular flexibility index (Phi) is 4.49. The second-order valence-corrected chi connectivity index (χ2v) is 7.28. The Hall–Kier alpha value is -1.59. The Balaban J connectivity index is 2.35. The van der Waals surface area contributed by atoms with E-state index in [-0.39, 0.29) is 12.5 Å². The number of sulfonamides is 1. The fraction of sp³-hybridized carbons (Fsp3) is 0.500. The van der Waals surface area contributed by atoms with Gasteiger partial charge in [0.05, 0.1) is 17.7 Å². The number of halogens is 3. The van der Waals surface area contributed by atoms with Gasteiger partial charge in [-0.3, -0.25) is 0 Å². The predicted molar refractivity (Wildman–Crippen MR) is 74.1 cm³/mol. The van der Waals surface area contributed by atoms with Crippen LogP contribution in [0.3, 0.4) is 0 Å². The van der Waals surface area contributed by atoms with Gasteiger partial charge < -0.3 is 0 Å². The third kappa shape index (κ3) is 3.25. The molecule has 0 radical (unpaired) electrons. The quantitative estimate of drug-likeness (QED) is 0.855. The molecule has 4 nitrogen and oxygen atoms in total. The summed E-state index contributed by atoms with van der Waals surface area (Å²) in [6, 6.07) is 5.62. The third-order valence-electron chi connectivity index (χ3n) is 3.84. The van der Waals surface area contributed by atoms with Crippen LogP contribution >= 0.6 is 0 Å². The fourth-order valence-corrected chi connectivity index (χ4v) is 4.14. The van der Waals surface area contributed by atoms with Crippen molar-refractivity contribution in [1.29, 1.82) is 5.26 Å². The van der Waals surface area contributed by atoms with Crippen LogP contribution in [0.2, 0.25) is 0 Å². The molecule has 0 bridgehead atoms. The second kappa shape index (κ2) is 5.89. The zero-order valence-corrected chi connectivity index (χ0v) is 12.7. The smallest absolute Gasteiger partial charge is 0.211 e. The van der Waals surface area contributed by atoms with Gasteiger partial charge in [0, 0.05) is 6.54 Å². The van der Waals surface area contributed by atoms with E-state index in [1.807, 2.05) is 6.92 Å². The van der Waals surface area contributed by atoms with Crippen molar-refractivity contribution < 1.29 is 21.6 Å². The molecule has 1 heterocycles. The summed E-state index contributed by atoms with van der Waals surface area (Å²) in [6.07, 6.45) is -3.82. The van der Waals surface area contributed by atoms with Crippen molar-refractivity contribution in [3.8, 4) is 6.07 Å². The molecule has 2 rings (SSSR count). The van der Waals surface area contributed by atoms with E-state index in [2.05, 4.69) is 0 Å². The maximum absolute atomic E-state index is 12.6. The number of nitrogens with zero attached hydrogens (tertiary/aromatic N) is 2. The maximum atomic E-state index is 12.6. The molecule has 0 amide bonds. The van der Waals surface area contributed by atoms with Gasteiger partial charge in [-0.2, -0.15) is 22.7 Å². The van der Waals surface area contributed by atoms with Gasteiger partial charge in [0.15, 0.2) is 5.75 Å². The number of hydrogen-bond donors (Lipinski definition) is 0. The highest BCUT2D eigenvalue weighted by Crippen LogP contribution is 2.40. The van der Waals surface area contributed by atoms with E-state index < -0.39 is 33.6 Å². The van der Waals surface area contributed by atoms with Crippen molar-refractivity contribution in [3.63, 3.8) is 0 Å². The van der Waals surface area contributed by atoms with Crippen LogP contribution < -0.4 is 0 Å². The van der Waals surface area contributed by atoms with Gasteiger partial charge in [0.1, 0.15) is 0 Å². The minimum Gasteiger partial charge on any atom is -0.211 e. The molecule has 0 saturated carbocycles. The van der Waals surface area contributed by atoms with Crippen LogP contribution in [0.1, 0.15) is 30.5 Å². The molecule has 0 N–H and O–H groups in total. The first-order chi connectivity index (χ1) is 10.2. The van der Waals surface area contributed by atoms with Gasteiger partial charge in [-0.05, 0) is 30.0 Å². The lowest BCUT2D eigenvalue weighted by Crippen LogP contribution is -2.33. The summed E-state index contributed by atoms with van der Waals surface area (Å²) >= 11 is 0. The Bertz CT molecular complexity index is 678. The van der Waals surface area contributed by atoms with E-state index in [1.165, 1.54) is 16.4 Å². The van der Waals surface area contributed by atoms with Crippen LogP contribution in [0, 0.1) is 17.2 Å². The zero-order chi connectivity index (χ0) is 16.5. The number of alkyl halides is 3. The van der Waals surface area contributed by atoms with Crippen molar-refractivity contribution in [3.05, 3.63) is 35.4 Å². The number of rotatable bonds is 3. The monoisotopic (exact) mass is 332 g/mol. The molecule has 1 aromatic rings. The maximum Gasteiger partial charge on any atom is 0.416 e. The van der Waals surface area contributed by atoms with Crippen LogP contribution in [0.15, 0.2) is 24.3 Å². The van der Waals surface area contributed by atoms with Gasteiger partial charge in [-0.1, -0.05) is 19.1 Å². The van der Waals surface area contributed by atoms with Crippen LogP contribution in [0.25, 0.3) is 0 Å². The van der Waals surface area contributed by atoms with Crippen molar-refractivity contribution in [2.24, 2.45) is 5.92 Å². The SMILES string of the molecule is C[C@H]1CCN(S(=O)(=O)CC#N)[C@@H]1c1ccc(C(F)(F)F)cc1. The molecule has 120 valence electrons. The Morgan fingerprint density at radius 1 is 1.32 bits per heavy atom. The summed E-state index contributed by atoms with van der Waals surface area (Å²) in [5.74, 6) is -0.651. The summed E-state index contributed by atoms with van der Waals surface area (Å²) in [6.45, 7) is 2.13. The molecule has 0 spiro atoms. The molecule has 0 aliphatic carbocycles. The number of hydrogen-bond acceptors (Lipinski definition) is 3. The first-order valence-electron chi connectivity index (χ1n) is 6.70. The predicted octanol–water partition coefficient (Wildman–Crippen LogP) is 2.94. The van der Waals surface area contributed by atoms with E-state index in [0.717, 1.165) is 12.1 Å². The van der Waals surface area contributed by atoms with E-state index in [4.69, 9.17) is 5.26 Å². The van der Waals surface area contributed by atoms with Crippen LogP contribution in [0.4, 0.5) is 13.2 Å². The lowest BCUT2D eigenvalue weighted by Gasteiger charge is -2.26. The Morgan fingerprint density at radius 3 is 2.41 bits per heavy atom. The fourth-order valence-electron chi connectivity index (χ4n) is 2.75. The van der Waals surface area contributed by atoms with E-state index >= 15 is 0 Å². The molecule has 22 heavy (non-hydrogen) atoms. The molecule has 1 saturated heterocycles. The largest absolute Gasteiger partial charge is 0.416 e. The highest BCUT2D eigenvalue weighted by molar-refractivity contribution is 7.89. The van der Waals surface area contributed by atoms with Gasteiger partial charge in [-0.25, -0.2) is 8.42 Å². The molecule has 2 atom stereocenters.